The van der Waals surface area contributed by atoms with Crippen molar-refractivity contribution in [3.63, 3.8) is 0 Å². The Labute approximate surface area is 225 Å². The molecule has 5 N–H and O–H groups in total. The minimum absolute atomic E-state index is 0.131. The van der Waals surface area contributed by atoms with Crippen LogP contribution < -0.4 is 15.8 Å². The van der Waals surface area contributed by atoms with Gasteiger partial charge in [0.1, 0.15) is 17.6 Å². The van der Waals surface area contributed by atoms with Crippen LogP contribution in [0.3, 0.4) is 0 Å². The zero-order chi connectivity index (χ0) is 31.7. The van der Waals surface area contributed by atoms with Crippen molar-refractivity contribution in [2.45, 2.75) is 43.8 Å². The van der Waals surface area contributed by atoms with Gasteiger partial charge in [-0.05, 0) is 25.1 Å². The van der Waals surface area contributed by atoms with Crippen molar-refractivity contribution in [2.24, 2.45) is 16.6 Å². The summed E-state index contributed by atoms with van der Waals surface area (Å²) in [6, 6.07) is 3.97. The average molecular weight is 602 g/mol. The molecule has 0 unspecified atom stereocenters. The molecule has 2 aromatic rings. The lowest BCUT2D eigenvalue weighted by Crippen LogP contribution is -2.47. The molecule has 0 bridgehead atoms. The molecular formula is C23H22F8N4O6. The van der Waals surface area contributed by atoms with Gasteiger partial charge in [-0.25, -0.2) is 14.2 Å². The Bertz CT molecular complexity index is 1410. The summed E-state index contributed by atoms with van der Waals surface area (Å²) in [5.74, 6) is -10.7. The number of aliphatic carboxylic acids is 1. The highest BCUT2D eigenvalue weighted by atomic mass is 19.4. The van der Waals surface area contributed by atoms with Gasteiger partial charge in [0.25, 0.3) is 5.91 Å². The molecule has 0 aliphatic carbocycles. The Morgan fingerprint density at radius 1 is 1.17 bits per heavy atom. The second-order valence-electron chi connectivity index (χ2n) is 8.72. The fourth-order valence-corrected chi connectivity index (χ4v) is 3.97. The van der Waals surface area contributed by atoms with Gasteiger partial charge < -0.3 is 25.5 Å². The van der Waals surface area contributed by atoms with Gasteiger partial charge >= 0.3 is 18.3 Å². The number of amidine groups is 1. The molecule has 1 saturated heterocycles. The molecule has 1 aromatic carbocycles. The first-order valence-electron chi connectivity index (χ1n) is 11.1. The van der Waals surface area contributed by atoms with Gasteiger partial charge in [-0.1, -0.05) is 13.0 Å². The first-order valence-corrected chi connectivity index (χ1v) is 11.1. The zero-order valence-electron chi connectivity index (χ0n) is 21.1. The lowest BCUT2D eigenvalue weighted by molar-refractivity contribution is -0.272. The largest absolute Gasteiger partial charge is 0.493 e. The van der Waals surface area contributed by atoms with E-state index in [0.717, 1.165) is 44.5 Å². The van der Waals surface area contributed by atoms with Crippen LogP contribution in [0.5, 0.6) is 5.75 Å². The smallest absolute Gasteiger partial charge is 0.490 e. The normalized spacial score (nSPS) is 23.0. The molecular weight excluding hydrogens is 580 g/mol. The lowest BCUT2D eigenvalue weighted by atomic mass is 9.77. The van der Waals surface area contributed by atoms with E-state index in [-0.39, 0.29) is 16.6 Å². The Kier molecular flexibility index (Phi) is 9.43. The fraction of sp³-hybridized carbons (Fsp3) is 0.391. The summed E-state index contributed by atoms with van der Waals surface area (Å²) in [5.41, 5.74) is 2.10. The van der Waals surface area contributed by atoms with Crippen molar-refractivity contribution in [2.75, 3.05) is 7.11 Å². The minimum Gasteiger partial charge on any atom is -0.493 e. The number of carboxylic acid groups (broad SMARTS) is 1. The SMILES string of the molecule is COc1c([C@H]2[C@H](C(=O)N=c3ccn(O)c(C(=N)N)c3)O[C@@](C)(C(F)(F)F)[C@H]2C)ccc(F)c1F.O=C(O)C(F)(F)F. The van der Waals surface area contributed by atoms with E-state index in [1.807, 2.05) is 0 Å². The summed E-state index contributed by atoms with van der Waals surface area (Å²) in [6.07, 6.45) is -10.8. The monoisotopic (exact) mass is 602 g/mol. The van der Waals surface area contributed by atoms with E-state index in [0.29, 0.717) is 4.73 Å². The maximum Gasteiger partial charge on any atom is 0.490 e. The number of pyridine rings is 1. The fourth-order valence-electron chi connectivity index (χ4n) is 3.97. The number of nitrogens with two attached hydrogens (primary N) is 1. The van der Waals surface area contributed by atoms with E-state index >= 15 is 0 Å². The minimum atomic E-state index is -5.08. The molecule has 226 valence electrons. The number of hydrogen-bond acceptors (Lipinski definition) is 6. The number of amides is 1. The van der Waals surface area contributed by atoms with Crippen molar-refractivity contribution in [3.05, 3.63) is 58.7 Å². The molecule has 1 aliphatic heterocycles. The van der Waals surface area contributed by atoms with Gasteiger partial charge in [0.2, 0.25) is 5.82 Å². The predicted molar refractivity (Wildman–Crippen MR) is 121 cm³/mol. The number of nitrogen functional groups attached to an aromatic ring is 1. The van der Waals surface area contributed by atoms with E-state index in [1.54, 1.807) is 0 Å². The maximum atomic E-state index is 14.4. The Morgan fingerprint density at radius 3 is 2.20 bits per heavy atom. The third-order valence-corrected chi connectivity index (χ3v) is 6.23. The predicted octanol–water partition coefficient (Wildman–Crippen LogP) is 3.50. The molecule has 1 amide bonds. The van der Waals surface area contributed by atoms with E-state index in [4.69, 9.17) is 30.5 Å². The molecule has 1 aromatic heterocycles. The summed E-state index contributed by atoms with van der Waals surface area (Å²) in [4.78, 5) is 25.7. The van der Waals surface area contributed by atoms with Crippen LogP contribution in [-0.2, 0) is 14.3 Å². The van der Waals surface area contributed by atoms with Crippen LogP contribution in [0.25, 0.3) is 0 Å². The molecule has 1 fully saturated rings. The van der Waals surface area contributed by atoms with Crippen LogP contribution in [0, 0.1) is 23.0 Å². The highest BCUT2D eigenvalue weighted by Gasteiger charge is 2.66. The number of hydrogen-bond donors (Lipinski definition) is 4. The first kappa shape index (κ1) is 33.0. The second kappa shape index (κ2) is 11.7. The Hall–Kier alpha value is -4.22. The van der Waals surface area contributed by atoms with Gasteiger partial charge in [0, 0.05) is 23.6 Å². The van der Waals surface area contributed by atoms with Gasteiger partial charge in [-0.3, -0.25) is 10.2 Å². The topological polar surface area (TPSA) is 160 Å². The molecule has 0 radical (unpaired) electrons. The molecule has 0 saturated carbocycles. The molecule has 4 atom stereocenters. The Morgan fingerprint density at radius 2 is 1.73 bits per heavy atom. The van der Waals surface area contributed by atoms with Crippen molar-refractivity contribution in [1.29, 1.82) is 5.41 Å². The zero-order valence-corrected chi connectivity index (χ0v) is 21.1. The number of carbonyl (C=O) groups excluding carboxylic acids is 1. The number of carboxylic acids is 1. The van der Waals surface area contributed by atoms with Crippen molar-refractivity contribution in [3.8, 4) is 5.75 Å². The average Bonchev–Trinajstić information content (AvgIpc) is 3.13. The highest BCUT2D eigenvalue weighted by molar-refractivity contribution is 5.93. The number of aromatic nitrogens is 1. The summed E-state index contributed by atoms with van der Waals surface area (Å²) >= 11 is 0. The standard InChI is InChI=1S/C21H21F5N4O4.C2HF3O2/c1-9-14(11-4-5-12(22)15(23)16(11)33-3)17(34-20(9,2)21(24,25)26)19(31)29-10-6-7-30(32)13(8-10)18(27)28;3-2(4,5)1(6)7/h4-9,14,17,32H,1-3H3,(H3,27,28);(H,6,7)/t9-,14-,17+,20+;/m0./s1. The van der Waals surface area contributed by atoms with Crippen molar-refractivity contribution >= 4 is 17.7 Å². The van der Waals surface area contributed by atoms with Crippen LogP contribution in [0.15, 0.2) is 35.5 Å². The van der Waals surface area contributed by atoms with Crippen LogP contribution in [-0.4, -0.2) is 63.9 Å². The number of nitrogens with zero attached hydrogens (tertiary/aromatic N) is 2. The second-order valence-corrected chi connectivity index (χ2v) is 8.72. The number of methoxy groups -OCH3 is 1. The number of alkyl halides is 6. The van der Waals surface area contributed by atoms with E-state index in [1.165, 1.54) is 6.92 Å². The third-order valence-electron chi connectivity index (χ3n) is 6.23. The molecule has 2 heterocycles. The molecule has 1 aliphatic rings. The number of nitrogens with one attached hydrogen (secondary N) is 1. The van der Waals surface area contributed by atoms with Gasteiger partial charge in [-0.15, -0.1) is 0 Å². The summed E-state index contributed by atoms with van der Waals surface area (Å²) in [7, 11) is 1.02. The molecule has 3 rings (SSSR count). The summed E-state index contributed by atoms with van der Waals surface area (Å²) < 4.78 is 112. The molecule has 18 heteroatoms. The lowest BCUT2D eigenvalue weighted by Gasteiger charge is -2.32. The van der Waals surface area contributed by atoms with Crippen LogP contribution in [0.2, 0.25) is 0 Å². The molecule has 10 nitrogen and oxygen atoms in total. The number of rotatable bonds is 4. The van der Waals surface area contributed by atoms with Gasteiger partial charge in [0.05, 0.1) is 12.5 Å². The number of benzene rings is 1. The highest BCUT2D eigenvalue weighted by Crippen LogP contribution is 2.55. The summed E-state index contributed by atoms with van der Waals surface area (Å²) in [6.45, 7) is 1.94. The van der Waals surface area contributed by atoms with E-state index in [9.17, 15) is 45.1 Å². The Balaban J connectivity index is 0.000000745. The van der Waals surface area contributed by atoms with Crippen molar-refractivity contribution in [1.82, 2.24) is 4.73 Å². The molecule has 41 heavy (non-hydrogen) atoms. The van der Waals surface area contributed by atoms with Gasteiger partial charge in [-0.2, -0.15) is 35.5 Å². The van der Waals surface area contributed by atoms with Crippen LogP contribution in [0.1, 0.15) is 31.0 Å². The van der Waals surface area contributed by atoms with Crippen molar-refractivity contribution < 1.29 is 64.5 Å². The third kappa shape index (κ3) is 6.75. The van der Waals surface area contributed by atoms with Crippen LogP contribution >= 0.6 is 0 Å². The quantitative estimate of drug-likeness (QED) is 0.180. The van der Waals surface area contributed by atoms with Crippen LogP contribution in [0.4, 0.5) is 35.1 Å². The number of ether oxygens (including phenoxy) is 2. The number of halogens is 8. The first-order chi connectivity index (χ1) is 18.7. The van der Waals surface area contributed by atoms with E-state index in [2.05, 4.69) is 4.99 Å². The molecule has 0 spiro atoms. The number of carbonyl (C=O) groups is 2. The summed E-state index contributed by atoms with van der Waals surface area (Å²) in [5, 5.41) is 24.1. The van der Waals surface area contributed by atoms with E-state index < -0.39 is 71.0 Å². The van der Waals surface area contributed by atoms with Gasteiger partial charge in [0.15, 0.2) is 17.2 Å². The maximum absolute atomic E-state index is 14.4.